The quantitative estimate of drug-likeness (QED) is 0.765. The summed E-state index contributed by atoms with van der Waals surface area (Å²) in [7, 11) is -3.79. The molecule has 0 bridgehead atoms. The Kier molecular flexibility index (Phi) is 4.54. The van der Waals surface area contributed by atoms with Crippen molar-refractivity contribution in [3.05, 3.63) is 22.4 Å². The summed E-state index contributed by atoms with van der Waals surface area (Å²) < 4.78 is 39.8. The van der Waals surface area contributed by atoms with E-state index in [1.54, 1.807) is 0 Å². The van der Waals surface area contributed by atoms with Gasteiger partial charge < -0.3 is 11.5 Å². The monoisotopic (exact) mass is 379 g/mol. The van der Waals surface area contributed by atoms with E-state index < -0.39 is 21.7 Å². The van der Waals surface area contributed by atoms with Crippen molar-refractivity contribution < 1.29 is 17.6 Å². The van der Waals surface area contributed by atoms with Crippen molar-refractivity contribution in [3.8, 4) is 0 Å². The molecule has 0 unspecified atom stereocenters. The van der Waals surface area contributed by atoms with Crippen LogP contribution < -0.4 is 11.5 Å². The molecule has 9 heteroatoms. The zero-order valence-corrected chi connectivity index (χ0v) is 13.5. The molecule has 0 radical (unpaired) electrons. The summed E-state index contributed by atoms with van der Waals surface area (Å²) in [4.78, 5) is 11.0. The van der Waals surface area contributed by atoms with Gasteiger partial charge >= 0.3 is 0 Å². The molecule has 0 atom stereocenters. The summed E-state index contributed by atoms with van der Waals surface area (Å²) in [5.74, 6) is -1.41. The second kappa shape index (κ2) is 5.90. The smallest absolute Gasteiger partial charge is 0.244 e. The fourth-order valence-electron chi connectivity index (χ4n) is 2.26. The molecule has 1 aliphatic heterocycles. The number of nitrogens with two attached hydrogens (primary N) is 2. The lowest BCUT2D eigenvalue weighted by Crippen LogP contribution is -2.41. The molecule has 1 aromatic carbocycles. The molecule has 1 aromatic rings. The van der Waals surface area contributed by atoms with Crippen LogP contribution in [0.1, 0.15) is 12.8 Å². The van der Waals surface area contributed by atoms with Crippen LogP contribution in [0.3, 0.4) is 0 Å². The molecular weight excluding hydrogens is 365 g/mol. The van der Waals surface area contributed by atoms with E-state index in [1.807, 2.05) is 0 Å². The van der Waals surface area contributed by atoms with Gasteiger partial charge in [-0.1, -0.05) is 0 Å². The molecule has 1 aliphatic rings. The molecule has 2 rings (SSSR count). The first-order valence-electron chi connectivity index (χ1n) is 6.27. The topological polar surface area (TPSA) is 106 Å². The molecule has 0 saturated carbocycles. The van der Waals surface area contributed by atoms with Crippen molar-refractivity contribution in [2.24, 2.45) is 11.7 Å². The van der Waals surface area contributed by atoms with Gasteiger partial charge in [0.1, 0.15) is 5.82 Å². The maximum absolute atomic E-state index is 13.3. The minimum absolute atomic E-state index is 0.0843. The van der Waals surface area contributed by atoms with E-state index in [9.17, 15) is 17.6 Å². The number of nitrogen functional groups attached to an aromatic ring is 1. The van der Waals surface area contributed by atoms with Crippen LogP contribution in [-0.4, -0.2) is 31.7 Å². The van der Waals surface area contributed by atoms with Gasteiger partial charge in [-0.05, 0) is 40.9 Å². The molecule has 21 heavy (non-hydrogen) atoms. The molecule has 1 amide bonds. The van der Waals surface area contributed by atoms with Crippen molar-refractivity contribution in [1.82, 2.24) is 4.31 Å². The summed E-state index contributed by atoms with van der Waals surface area (Å²) in [5.41, 5.74) is 10.4. The standard InChI is InChI=1S/C12H15BrFN3O3S/c13-8-5-9(14)10(15)6-11(8)21(19,20)17-3-1-7(2-4-17)12(16)18/h5-7H,1-4,15H2,(H2,16,18). The number of piperidine rings is 1. The van der Waals surface area contributed by atoms with Crippen molar-refractivity contribution in [1.29, 1.82) is 0 Å². The lowest BCUT2D eigenvalue weighted by molar-refractivity contribution is -0.122. The third kappa shape index (κ3) is 3.19. The minimum atomic E-state index is -3.79. The van der Waals surface area contributed by atoms with E-state index in [4.69, 9.17) is 11.5 Å². The molecule has 1 heterocycles. The highest BCUT2D eigenvalue weighted by Crippen LogP contribution is 2.31. The first-order valence-corrected chi connectivity index (χ1v) is 8.50. The van der Waals surface area contributed by atoms with Crippen LogP contribution in [0.25, 0.3) is 0 Å². The second-order valence-corrected chi connectivity index (χ2v) is 7.65. The zero-order chi connectivity index (χ0) is 15.8. The van der Waals surface area contributed by atoms with E-state index in [1.165, 1.54) is 4.31 Å². The number of nitrogens with zero attached hydrogens (tertiary/aromatic N) is 1. The number of hydrogen-bond acceptors (Lipinski definition) is 4. The zero-order valence-electron chi connectivity index (χ0n) is 11.1. The lowest BCUT2D eigenvalue weighted by Gasteiger charge is -2.30. The molecule has 0 aromatic heterocycles. The van der Waals surface area contributed by atoms with Gasteiger partial charge in [-0.2, -0.15) is 4.31 Å². The van der Waals surface area contributed by atoms with Gasteiger partial charge in [-0.25, -0.2) is 12.8 Å². The molecule has 0 spiro atoms. The molecule has 1 saturated heterocycles. The van der Waals surface area contributed by atoms with E-state index in [0.29, 0.717) is 12.8 Å². The highest BCUT2D eigenvalue weighted by molar-refractivity contribution is 9.10. The summed E-state index contributed by atoms with van der Waals surface area (Å²) in [6.07, 6.45) is 0.756. The largest absolute Gasteiger partial charge is 0.396 e. The van der Waals surface area contributed by atoms with Crippen LogP contribution in [0.5, 0.6) is 0 Å². The third-order valence-corrected chi connectivity index (χ3v) is 6.38. The summed E-state index contributed by atoms with van der Waals surface area (Å²) in [5, 5.41) is 0. The number of halogens is 2. The molecule has 116 valence electrons. The number of carbonyl (C=O) groups excluding carboxylic acids is 1. The van der Waals surface area contributed by atoms with Crippen molar-refractivity contribution in [2.45, 2.75) is 17.7 Å². The number of anilines is 1. The van der Waals surface area contributed by atoms with Crippen molar-refractivity contribution >= 4 is 37.5 Å². The van der Waals surface area contributed by atoms with Gasteiger partial charge in [0.05, 0.1) is 10.6 Å². The average molecular weight is 380 g/mol. The molecule has 4 N–H and O–H groups in total. The first-order chi connectivity index (χ1) is 9.73. The molecule has 1 fully saturated rings. The normalized spacial score (nSPS) is 17.8. The van der Waals surface area contributed by atoms with Crippen LogP contribution in [0.15, 0.2) is 21.5 Å². The van der Waals surface area contributed by atoms with E-state index >= 15 is 0 Å². The third-order valence-electron chi connectivity index (χ3n) is 3.53. The molecule has 0 aliphatic carbocycles. The fourth-order valence-corrected chi connectivity index (χ4v) is 4.74. The number of carbonyl (C=O) groups is 1. The SMILES string of the molecule is NC(=O)C1CCN(S(=O)(=O)c2cc(N)c(F)cc2Br)CC1. The number of amides is 1. The van der Waals surface area contributed by atoms with Gasteiger partial charge in [0.2, 0.25) is 15.9 Å². The Labute approximate surface area is 130 Å². The number of benzene rings is 1. The van der Waals surface area contributed by atoms with Crippen LogP contribution in [0.4, 0.5) is 10.1 Å². The van der Waals surface area contributed by atoms with Crippen molar-refractivity contribution in [2.75, 3.05) is 18.8 Å². The van der Waals surface area contributed by atoms with Crippen LogP contribution in [0, 0.1) is 11.7 Å². The van der Waals surface area contributed by atoms with Gasteiger partial charge in [0.25, 0.3) is 0 Å². The summed E-state index contributed by atoms with van der Waals surface area (Å²) >= 11 is 3.04. The average Bonchev–Trinajstić information content (AvgIpc) is 2.42. The van der Waals surface area contributed by atoms with Crippen LogP contribution in [0.2, 0.25) is 0 Å². The predicted molar refractivity (Wildman–Crippen MR) is 79.2 cm³/mol. The lowest BCUT2D eigenvalue weighted by atomic mass is 9.98. The Bertz CT molecular complexity index is 673. The Morgan fingerprint density at radius 2 is 1.90 bits per heavy atom. The summed E-state index contributed by atoms with van der Waals surface area (Å²) in [6, 6.07) is 2.12. The number of hydrogen-bond donors (Lipinski definition) is 2. The Morgan fingerprint density at radius 1 is 1.33 bits per heavy atom. The Hall–Kier alpha value is -1.19. The van der Waals surface area contributed by atoms with E-state index in [-0.39, 0.29) is 34.1 Å². The number of rotatable bonds is 3. The number of primary amides is 1. The van der Waals surface area contributed by atoms with E-state index in [2.05, 4.69) is 15.9 Å². The fraction of sp³-hybridized carbons (Fsp3) is 0.417. The highest BCUT2D eigenvalue weighted by Gasteiger charge is 2.32. The maximum atomic E-state index is 13.3. The summed E-state index contributed by atoms with van der Waals surface area (Å²) in [6.45, 7) is 0.388. The Balaban J connectivity index is 2.28. The molecule has 6 nitrogen and oxygen atoms in total. The van der Waals surface area contributed by atoms with Crippen molar-refractivity contribution in [3.63, 3.8) is 0 Å². The van der Waals surface area contributed by atoms with Gasteiger partial charge in [-0.3, -0.25) is 4.79 Å². The number of sulfonamides is 1. The van der Waals surface area contributed by atoms with Gasteiger partial charge in [-0.15, -0.1) is 0 Å². The van der Waals surface area contributed by atoms with Crippen LogP contribution in [-0.2, 0) is 14.8 Å². The van der Waals surface area contributed by atoms with Gasteiger partial charge in [0.15, 0.2) is 0 Å². The Morgan fingerprint density at radius 3 is 2.43 bits per heavy atom. The first kappa shape index (κ1) is 16.2. The van der Waals surface area contributed by atoms with Gasteiger partial charge in [0, 0.05) is 23.5 Å². The maximum Gasteiger partial charge on any atom is 0.244 e. The highest BCUT2D eigenvalue weighted by atomic mass is 79.9. The van der Waals surface area contributed by atoms with Crippen LogP contribution >= 0.6 is 15.9 Å². The predicted octanol–water partition coefficient (Wildman–Crippen LogP) is 1.06. The molecular formula is C12H15BrFN3O3S. The van der Waals surface area contributed by atoms with E-state index in [0.717, 1.165) is 12.1 Å². The second-order valence-electron chi connectivity index (χ2n) is 4.88. The minimum Gasteiger partial charge on any atom is -0.396 e.